The van der Waals surface area contributed by atoms with Gasteiger partial charge in [-0.05, 0) is 44.1 Å². The third-order valence-corrected chi connectivity index (χ3v) is 7.88. The van der Waals surface area contributed by atoms with Crippen molar-refractivity contribution >= 4 is 42.4 Å². The minimum absolute atomic E-state index is 0.0859. The van der Waals surface area contributed by atoms with Gasteiger partial charge in [-0.15, -0.1) is 0 Å². The minimum atomic E-state index is -1.77. The smallest absolute Gasteiger partial charge is 0.323 e. The number of carbonyl (C=O) groups is 1. The highest BCUT2D eigenvalue weighted by Gasteiger charge is 2.27. The zero-order valence-corrected chi connectivity index (χ0v) is 29.3. The third-order valence-electron chi connectivity index (χ3n) is 6.53. The van der Waals surface area contributed by atoms with Gasteiger partial charge >= 0.3 is 14.5 Å². The largest absolute Gasteiger partial charge is 0.476 e. The molecule has 13 heteroatoms. The fraction of sp³-hybridized carbons (Fsp3) is 0.515. The van der Waals surface area contributed by atoms with Crippen molar-refractivity contribution in [2.75, 3.05) is 25.6 Å². The number of carbonyl (C=O) groups excluding carboxylic acids is 1. The molecule has 0 saturated carbocycles. The number of imidazole rings is 1. The molecule has 4 atom stereocenters. The Hall–Kier alpha value is -3.57. The molecule has 0 aliphatic carbocycles. The fourth-order valence-electron chi connectivity index (χ4n) is 4.24. The minimum Gasteiger partial charge on any atom is -0.476 e. The topological polar surface area (TPSA) is 145 Å². The van der Waals surface area contributed by atoms with E-state index < -0.39 is 20.8 Å². The van der Waals surface area contributed by atoms with Gasteiger partial charge in [0.2, 0.25) is 11.8 Å². The molecule has 4 rings (SSSR count). The Morgan fingerprint density at radius 2 is 1.78 bits per heavy atom. The summed E-state index contributed by atoms with van der Waals surface area (Å²) in [5.41, 5.74) is 6.80. The molecule has 12 nitrogen and oxygen atoms in total. The molecular weight excluding hydrogens is 607 g/mol. The summed E-state index contributed by atoms with van der Waals surface area (Å²) in [7, 11) is -1.77. The first-order valence-electron chi connectivity index (χ1n) is 15.8. The lowest BCUT2D eigenvalue weighted by molar-refractivity contribution is -0.148. The Labute approximate surface area is 273 Å². The Morgan fingerprint density at radius 1 is 1.07 bits per heavy atom. The van der Waals surface area contributed by atoms with Gasteiger partial charge < -0.3 is 29.0 Å². The number of aromatic nitrogens is 4. The maximum absolute atomic E-state index is 12.8. The van der Waals surface area contributed by atoms with Crippen LogP contribution in [0.15, 0.2) is 48.8 Å². The van der Waals surface area contributed by atoms with Crippen LogP contribution in [0, 0.1) is 5.41 Å². The van der Waals surface area contributed by atoms with Gasteiger partial charge in [0.1, 0.15) is 18.0 Å². The zero-order valence-electron chi connectivity index (χ0n) is 28.4. The number of esters is 1. The van der Waals surface area contributed by atoms with Crippen LogP contribution in [0.2, 0.25) is 0 Å². The van der Waals surface area contributed by atoms with Gasteiger partial charge in [-0.1, -0.05) is 77.9 Å². The molecule has 3 N–H and O–H groups in total. The van der Waals surface area contributed by atoms with Crippen LogP contribution in [0.1, 0.15) is 75.0 Å². The molecule has 0 bridgehead atoms. The lowest BCUT2D eigenvalue weighted by Gasteiger charge is -2.26. The average Bonchev–Trinajstić information content (AvgIpc) is 3.46. The number of nitrogens with zero attached hydrogens (tertiary/aromatic N) is 4. The molecule has 2 aromatic carbocycles. The van der Waals surface area contributed by atoms with E-state index in [0.29, 0.717) is 42.4 Å². The van der Waals surface area contributed by atoms with E-state index in [0.717, 1.165) is 10.8 Å². The zero-order chi connectivity index (χ0) is 33.9. The third kappa shape index (κ3) is 10.2. The van der Waals surface area contributed by atoms with Crippen molar-refractivity contribution in [2.45, 2.75) is 87.1 Å². The molecule has 2 aromatic heterocycles. The highest BCUT2D eigenvalue weighted by molar-refractivity contribution is 7.45. The van der Waals surface area contributed by atoms with Crippen molar-refractivity contribution in [3.8, 4) is 11.6 Å². The number of anilines is 1. The van der Waals surface area contributed by atoms with Crippen LogP contribution >= 0.6 is 8.53 Å². The van der Waals surface area contributed by atoms with Crippen molar-refractivity contribution in [3.63, 3.8) is 0 Å². The van der Waals surface area contributed by atoms with Gasteiger partial charge in [0.15, 0.2) is 11.2 Å². The number of nitrogen functional groups attached to an aromatic ring is 1. The van der Waals surface area contributed by atoms with E-state index in [1.54, 1.807) is 17.8 Å². The second-order valence-corrected chi connectivity index (χ2v) is 12.8. The van der Waals surface area contributed by atoms with Crippen molar-refractivity contribution in [1.29, 1.82) is 0 Å². The molecule has 0 saturated heterocycles. The number of nitrogens with two attached hydrogens (primary N) is 1. The normalized spacial score (nSPS) is 14.2. The molecule has 4 aromatic rings. The van der Waals surface area contributed by atoms with E-state index in [1.807, 2.05) is 97.9 Å². The SMILES string of the molecule is CC.CCOc1nc(N)nc2c1ncn2C(C)OC(CC)COP(NC(C)C(=O)OCC(C)(C)C)Oc1cccc2ccccc12. The number of rotatable bonds is 15. The lowest BCUT2D eigenvalue weighted by Crippen LogP contribution is -2.35. The van der Waals surface area contributed by atoms with E-state index in [4.69, 9.17) is 29.0 Å². The molecule has 252 valence electrons. The van der Waals surface area contributed by atoms with Gasteiger partial charge in [-0.2, -0.15) is 9.97 Å². The van der Waals surface area contributed by atoms with Crippen molar-refractivity contribution in [3.05, 3.63) is 48.8 Å². The number of benzene rings is 2. The second-order valence-electron chi connectivity index (χ2n) is 11.6. The standard InChI is InChI=1S/C31H43N6O6P.C2H6/c1-8-23(42-21(4)37-19-33-26-27(37)34-30(32)35-28(26)39-9-2)17-41-44(36-20(3)29(38)40-18-31(5,6)7)43-25-16-12-14-22-13-10-11-15-24(22)25;1-2/h10-16,19-21,23,36H,8-9,17-18H2,1-7H3,(H2,32,34,35);1-2H3. The highest BCUT2D eigenvalue weighted by Crippen LogP contribution is 2.40. The van der Waals surface area contributed by atoms with Crippen molar-refractivity contribution in [1.82, 2.24) is 24.6 Å². The summed E-state index contributed by atoms with van der Waals surface area (Å²) in [4.78, 5) is 25.8. The molecule has 46 heavy (non-hydrogen) atoms. The maximum atomic E-state index is 12.8. The summed E-state index contributed by atoms with van der Waals surface area (Å²) < 4.78 is 32.0. The van der Waals surface area contributed by atoms with E-state index in [2.05, 4.69) is 20.0 Å². The van der Waals surface area contributed by atoms with Crippen LogP contribution in [-0.4, -0.2) is 57.5 Å². The van der Waals surface area contributed by atoms with E-state index in [-0.39, 0.29) is 30.0 Å². The number of hydrogen-bond donors (Lipinski definition) is 2. The predicted molar refractivity (Wildman–Crippen MR) is 183 cm³/mol. The van der Waals surface area contributed by atoms with Crippen LogP contribution in [0.25, 0.3) is 21.9 Å². The van der Waals surface area contributed by atoms with Gasteiger partial charge in [-0.25, -0.2) is 10.1 Å². The fourth-order valence-corrected chi connectivity index (χ4v) is 5.48. The second kappa shape index (κ2) is 17.4. The molecule has 0 amide bonds. The van der Waals surface area contributed by atoms with Gasteiger partial charge in [-0.3, -0.25) is 9.36 Å². The van der Waals surface area contributed by atoms with Crippen LogP contribution in [0.3, 0.4) is 0 Å². The molecule has 0 fully saturated rings. The number of hydrogen-bond acceptors (Lipinski definition) is 11. The summed E-state index contributed by atoms with van der Waals surface area (Å²) in [5, 5.41) is 5.18. The Bertz CT molecular complexity index is 1540. The Kier molecular flexibility index (Phi) is 13.9. The van der Waals surface area contributed by atoms with Crippen LogP contribution in [-0.2, 0) is 18.8 Å². The molecule has 4 unspecified atom stereocenters. The van der Waals surface area contributed by atoms with Crippen molar-refractivity contribution < 1.29 is 28.1 Å². The van der Waals surface area contributed by atoms with Crippen LogP contribution < -0.4 is 20.1 Å². The van der Waals surface area contributed by atoms with Crippen LogP contribution in [0.4, 0.5) is 5.95 Å². The molecule has 0 radical (unpaired) electrons. The van der Waals surface area contributed by atoms with Gasteiger partial charge in [0, 0.05) is 5.39 Å². The number of fused-ring (bicyclic) bond motifs is 2. The quantitative estimate of drug-likeness (QED) is 0.0990. The first kappa shape index (κ1) is 36.9. The summed E-state index contributed by atoms with van der Waals surface area (Å²) in [6.07, 6.45) is 1.50. The maximum Gasteiger partial charge on any atom is 0.323 e. The molecule has 0 spiro atoms. The summed E-state index contributed by atoms with van der Waals surface area (Å²) in [6.45, 7) is 18.4. The van der Waals surface area contributed by atoms with Gasteiger partial charge in [0.05, 0.1) is 32.3 Å². The van der Waals surface area contributed by atoms with Gasteiger partial charge in [0.25, 0.3) is 0 Å². The summed E-state index contributed by atoms with van der Waals surface area (Å²) in [5.74, 6) is 0.678. The first-order valence-corrected chi connectivity index (χ1v) is 17.0. The lowest BCUT2D eigenvalue weighted by atomic mass is 9.99. The molecule has 0 aliphatic heterocycles. The molecular formula is C33H49N6O6P. The van der Waals surface area contributed by atoms with Crippen LogP contribution in [0.5, 0.6) is 11.6 Å². The summed E-state index contributed by atoms with van der Waals surface area (Å²) >= 11 is 0. The van der Waals surface area contributed by atoms with E-state index >= 15 is 0 Å². The monoisotopic (exact) mass is 656 g/mol. The summed E-state index contributed by atoms with van der Waals surface area (Å²) in [6, 6.07) is 13.1. The Morgan fingerprint density at radius 3 is 2.48 bits per heavy atom. The first-order chi connectivity index (χ1) is 22.0. The van der Waals surface area contributed by atoms with E-state index in [9.17, 15) is 4.79 Å². The molecule has 0 aliphatic rings. The number of nitrogens with one attached hydrogen (secondary N) is 1. The highest BCUT2D eigenvalue weighted by atomic mass is 31.2. The van der Waals surface area contributed by atoms with Crippen molar-refractivity contribution in [2.24, 2.45) is 5.41 Å². The number of ether oxygens (including phenoxy) is 3. The molecule has 2 heterocycles. The Balaban J connectivity index is 0.00000282. The predicted octanol–water partition coefficient (Wildman–Crippen LogP) is 7.19. The van der Waals surface area contributed by atoms with E-state index in [1.165, 1.54) is 0 Å². The average molecular weight is 657 g/mol.